The fourth-order valence-electron chi connectivity index (χ4n) is 2.89. The van der Waals surface area contributed by atoms with E-state index in [0.29, 0.717) is 18.7 Å². The van der Waals surface area contributed by atoms with Gasteiger partial charge >= 0.3 is 0 Å². The predicted octanol–water partition coefficient (Wildman–Crippen LogP) is 3.85. The van der Waals surface area contributed by atoms with Crippen LogP contribution < -0.4 is 11.1 Å². The second kappa shape index (κ2) is 12.6. The van der Waals surface area contributed by atoms with E-state index < -0.39 is 0 Å². The van der Waals surface area contributed by atoms with Crippen LogP contribution in [-0.4, -0.2) is 30.4 Å². The number of anilines is 1. The second-order valence-corrected chi connectivity index (χ2v) is 5.87. The van der Waals surface area contributed by atoms with Crippen molar-refractivity contribution in [3.05, 3.63) is 65.7 Å². The SMILES string of the molecule is CCN(CC)C(CNC(=O)Cc1ccc(N)cc1)c1ccccc1.Cl.Cl. The lowest BCUT2D eigenvalue weighted by Gasteiger charge is -2.30. The molecular formula is C20H29Cl2N3O. The van der Waals surface area contributed by atoms with E-state index in [1.54, 1.807) is 0 Å². The van der Waals surface area contributed by atoms with Crippen LogP contribution >= 0.6 is 24.8 Å². The van der Waals surface area contributed by atoms with E-state index in [4.69, 9.17) is 5.73 Å². The van der Waals surface area contributed by atoms with Gasteiger partial charge in [-0.3, -0.25) is 9.69 Å². The van der Waals surface area contributed by atoms with Crippen LogP contribution in [0.3, 0.4) is 0 Å². The lowest BCUT2D eigenvalue weighted by atomic mass is 10.0. The summed E-state index contributed by atoms with van der Waals surface area (Å²) in [6.07, 6.45) is 0.375. The van der Waals surface area contributed by atoms with Gasteiger partial charge in [0.05, 0.1) is 12.5 Å². The second-order valence-electron chi connectivity index (χ2n) is 5.87. The molecule has 0 aliphatic rings. The third-order valence-corrected chi connectivity index (χ3v) is 4.27. The van der Waals surface area contributed by atoms with Gasteiger partial charge in [0, 0.05) is 12.2 Å². The van der Waals surface area contributed by atoms with Crippen LogP contribution in [0.4, 0.5) is 5.69 Å². The first-order valence-corrected chi connectivity index (χ1v) is 8.54. The number of hydrogen-bond donors (Lipinski definition) is 2. The molecule has 1 atom stereocenters. The molecule has 0 saturated carbocycles. The molecule has 144 valence electrons. The molecule has 0 heterocycles. The molecule has 0 bridgehead atoms. The zero-order valence-electron chi connectivity index (χ0n) is 15.4. The number of carbonyl (C=O) groups excluding carboxylic acids is 1. The third-order valence-electron chi connectivity index (χ3n) is 4.27. The summed E-state index contributed by atoms with van der Waals surface area (Å²) in [7, 11) is 0. The zero-order chi connectivity index (χ0) is 17.4. The van der Waals surface area contributed by atoms with Gasteiger partial charge in [0.25, 0.3) is 0 Å². The Bertz CT molecular complexity index is 631. The van der Waals surface area contributed by atoms with E-state index in [9.17, 15) is 4.79 Å². The Morgan fingerprint density at radius 3 is 2.12 bits per heavy atom. The van der Waals surface area contributed by atoms with Crippen LogP contribution in [0.15, 0.2) is 54.6 Å². The van der Waals surface area contributed by atoms with Gasteiger partial charge in [-0.2, -0.15) is 0 Å². The van der Waals surface area contributed by atoms with Gasteiger partial charge in [-0.05, 0) is 36.3 Å². The van der Waals surface area contributed by atoms with E-state index in [2.05, 4.69) is 36.2 Å². The van der Waals surface area contributed by atoms with E-state index in [0.717, 1.165) is 18.7 Å². The molecule has 2 aromatic carbocycles. The summed E-state index contributed by atoms with van der Waals surface area (Å²) in [4.78, 5) is 14.6. The monoisotopic (exact) mass is 397 g/mol. The van der Waals surface area contributed by atoms with Crippen LogP contribution in [0.2, 0.25) is 0 Å². The van der Waals surface area contributed by atoms with E-state index >= 15 is 0 Å². The number of benzene rings is 2. The van der Waals surface area contributed by atoms with Gasteiger partial charge in [-0.15, -0.1) is 24.8 Å². The molecule has 0 aliphatic heterocycles. The Morgan fingerprint density at radius 2 is 1.58 bits per heavy atom. The lowest BCUT2D eigenvalue weighted by molar-refractivity contribution is -0.120. The van der Waals surface area contributed by atoms with Crippen molar-refractivity contribution in [1.82, 2.24) is 10.2 Å². The van der Waals surface area contributed by atoms with E-state index in [1.807, 2.05) is 42.5 Å². The maximum Gasteiger partial charge on any atom is 0.224 e. The molecule has 0 fully saturated rings. The topological polar surface area (TPSA) is 58.4 Å². The van der Waals surface area contributed by atoms with Crippen molar-refractivity contribution in [3.63, 3.8) is 0 Å². The first-order chi connectivity index (χ1) is 11.6. The number of nitrogens with two attached hydrogens (primary N) is 1. The normalized spacial score (nSPS) is 11.2. The van der Waals surface area contributed by atoms with Crippen molar-refractivity contribution in [3.8, 4) is 0 Å². The molecule has 6 heteroatoms. The fourth-order valence-corrected chi connectivity index (χ4v) is 2.89. The van der Waals surface area contributed by atoms with Gasteiger partial charge in [0.15, 0.2) is 0 Å². The molecule has 3 N–H and O–H groups in total. The number of nitrogens with zero attached hydrogens (tertiary/aromatic N) is 1. The van der Waals surface area contributed by atoms with Gasteiger partial charge in [-0.1, -0.05) is 56.3 Å². The number of carbonyl (C=O) groups is 1. The third kappa shape index (κ3) is 7.24. The van der Waals surface area contributed by atoms with Crippen molar-refractivity contribution >= 4 is 36.4 Å². The summed E-state index contributed by atoms with van der Waals surface area (Å²) in [5.74, 6) is 0.0351. The minimum absolute atomic E-state index is 0. The maximum absolute atomic E-state index is 12.3. The van der Waals surface area contributed by atoms with Crippen LogP contribution in [0.25, 0.3) is 0 Å². The molecule has 0 saturated heterocycles. The average molecular weight is 398 g/mol. The molecule has 0 aromatic heterocycles. The van der Waals surface area contributed by atoms with Crippen LogP contribution in [-0.2, 0) is 11.2 Å². The number of rotatable bonds is 8. The average Bonchev–Trinajstić information content (AvgIpc) is 2.61. The number of likely N-dealkylation sites (N-methyl/N-ethyl adjacent to an activating group) is 1. The smallest absolute Gasteiger partial charge is 0.224 e. The van der Waals surface area contributed by atoms with Crippen LogP contribution in [0.5, 0.6) is 0 Å². The largest absolute Gasteiger partial charge is 0.399 e. The van der Waals surface area contributed by atoms with Crippen molar-refractivity contribution in [2.24, 2.45) is 0 Å². The standard InChI is InChI=1S/C20H27N3O.2ClH/c1-3-23(4-2)19(17-8-6-5-7-9-17)15-22-20(24)14-16-10-12-18(21)13-11-16;;/h5-13,19H,3-4,14-15,21H2,1-2H3,(H,22,24);2*1H. The highest BCUT2D eigenvalue weighted by Crippen LogP contribution is 2.19. The van der Waals surface area contributed by atoms with Crippen LogP contribution in [0.1, 0.15) is 31.0 Å². The maximum atomic E-state index is 12.3. The summed E-state index contributed by atoms with van der Waals surface area (Å²) < 4.78 is 0. The van der Waals surface area contributed by atoms with Crippen molar-refractivity contribution < 1.29 is 4.79 Å². The molecule has 0 radical (unpaired) electrons. The Morgan fingerprint density at radius 1 is 1.00 bits per heavy atom. The van der Waals surface area contributed by atoms with Crippen molar-refractivity contribution in [1.29, 1.82) is 0 Å². The van der Waals surface area contributed by atoms with Gasteiger partial charge in [0.2, 0.25) is 5.91 Å². The lowest BCUT2D eigenvalue weighted by Crippen LogP contribution is -2.38. The molecule has 0 spiro atoms. The van der Waals surface area contributed by atoms with E-state index in [1.165, 1.54) is 5.56 Å². The highest BCUT2D eigenvalue weighted by atomic mass is 35.5. The quantitative estimate of drug-likeness (QED) is 0.664. The summed E-state index contributed by atoms with van der Waals surface area (Å²) in [6, 6.07) is 18.0. The molecular weight excluding hydrogens is 369 g/mol. The van der Waals surface area contributed by atoms with Gasteiger partial charge in [-0.25, -0.2) is 0 Å². The highest BCUT2D eigenvalue weighted by Gasteiger charge is 2.18. The Balaban J connectivity index is 0.00000312. The summed E-state index contributed by atoms with van der Waals surface area (Å²) >= 11 is 0. The minimum Gasteiger partial charge on any atom is -0.399 e. The molecule has 0 aliphatic carbocycles. The minimum atomic E-state index is 0. The highest BCUT2D eigenvalue weighted by molar-refractivity contribution is 5.85. The number of nitrogen functional groups attached to an aromatic ring is 1. The van der Waals surface area contributed by atoms with Crippen molar-refractivity contribution in [2.75, 3.05) is 25.4 Å². The summed E-state index contributed by atoms with van der Waals surface area (Å²) in [5, 5.41) is 3.08. The number of hydrogen-bond acceptors (Lipinski definition) is 3. The number of halogens is 2. The number of amides is 1. The molecule has 4 nitrogen and oxygen atoms in total. The Labute approximate surface area is 169 Å². The Kier molecular flexibility index (Phi) is 11.7. The van der Waals surface area contributed by atoms with Gasteiger partial charge in [0.1, 0.15) is 0 Å². The molecule has 1 amide bonds. The molecule has 2 rings (SSSR count). The summed E-state index contributed by atoms with van der Waals surface area (Å²) in [6.45, 7) is 6.80. The fraction of sp³-hybridized carbons (Fsp3) is 0.350. The van der Waals surface area contributed by atoms with Crippen LogP contribution in [0, 0.1) is 0 Å². The first-order valence-electron chi connectivity index (χ1n) is 8.54. The van der Waals surface area contributed by atoms with E-state index in [-0.39, 0.29) is 36.8 Å². The number of nitrogens with one attached hydrogen (secondary N) is 1. The summed E-state index contributed by atoms with van der Waals surface area (Å²) in [5.41, 5.74) is 8.59. The van der Waals surface area contributed by atoms with Crippen molar-refractivity contribution in [2.45, 2.75) is 26.3 Å². The zero-order valence-corrected chi connectivity index (χ0v) is 17.0. The molecule has 26 heavy (non-hydrogen) atoms. The molecule has 1 unspecified atom stereocenters. The first kappa shape index (κ1) is 24.2. The molecule has 2 aromatic rings. The predicted molar refractivity (Wildman–Crippen MR) is 114 cm³/mol. The Hall–Kier alpha value is -1.75. The van der Waals surface area contributed by atoms with Gasteiger partial charge < -0.3 is 11.1 Å².